The molecule has 0 N–H and O–H groups in total. The molecule has 0 saturated carbocycles. The fraction of sp³-hybridized carbons (Fsp3) is 0.507. The molecule has 3 atom stereocenters. The molecular formula is C69H87F3O12. The summed E-state index contributed by atoms with van der Waals surface area (Å²) in [5.41, 5.74) is 1.46. The molecule has 1 aliphatic rings. The van der Waals surface area contributed by atoms with E-state index in [2.05, 4.69) is 18.6 Å². The summed E-state index contributed by atoms with van der Waals surface area (Å²) in [5.74, 6) is -1.31. The Kier molecular flexibility index (Phi) is 29.5. The van der Waals surface area contributed by atoms with E-state index in [-0.39, 0.29) is 35.7 Å². The van der Waals surface area contributed by atoms with Gasteiger partial charge >= 0.3 is 30.2 Å². The highest BCUT2D eigenvalue weighted by Gasteiger charge is 2.37. The summed E-state index contributed by atoms with van der Waals surface area (Å²) >= 11 is 0. The van der Waals surface area contributed by atoms with Crippen molar-refractivity contribution < 1.29 is 70.2 Å². The number of carbonyl (C=O) groups excluding carboxylic acids is 4. The summed E-state index contributed by atoms with van der Waals surface area (Å²) in [4.78, 5) is 53.1. The van der Waals surface area contributed by atoms with Gasteiger partial charge in [0, 0.05) is 0 Å². The number of hydrogen-bond donors (Lipinski definition) is 0. The Morgan fingerprint density at radius 1 is 0.417 bits per heavy atom. The molecule has 5 aromatic rings. The Hall–Kier alpha value is -6.87. The number of esters is 4. The maximum atomic E-state index is 13.6. The average Bonchev–Trinajstić information content (AvgIpc) is 3.67. The summed E-state index contributed by atoms with van der Waals surface area (Å²) in [5, 5.41) is 0. The summed E-state index contributed by atoms with van der Waals surface area (Å²) in [7, 11) is 0. The standard InChI is InChI=1S/C69H87F3O12/c1-3-5-7-9-11-13-15-17-19-21-23-25-49-77-57-37-29-54(30-38-57)66(74)80-59-41-33-53(34-42-59)65(73)79-51-64-63(48-47-62(82-64)52-27-45-61(46-28-52)84-69(70,71)72)83-68(76)56-35-43-60(44-36-56)81-67(75)55-31-39-58(40-32-55)78-50-26-24-22-20-18-16-14-12-10-8-6-4-2/h27-46,62-64H,3-26,47-51H2,1-2H3/t62-,63+,64-/m1/s1. The minimum atomic E-state index is -4.87. The number of carbonyl (C=O) groups is 4. The third kappa shape index (κ3) is 25.1. The van der Waals surface area contributed by atoms with E-state index >= 15 is 0 Å². The highest BCUT2D eigenvalue weighted by molar-refractivity contribution is 5.93. The maximum Gasteiger partial charge on any atom is 0.573 e. The molecule has 1 fully saturated rings. The third-order valence-electron chi connectivity index (χ3n) is 14.9. The van der Waals surface area contributed by atoms with E-state index in [9.17, 15) is 32.3 Å². The molecule has 0 amide bonds. The van der Waals surface area contributed by atoms with Gasteiger partial charge in [-0.1, -0.05) is 167 Å². The predicted molar refractivity (Wildman–Crippen MR) is 318 cm³/mol. The van der Waals surface area contributed by atoms with Crippen LogP contribution in [0.4, 0.5) is 13.2 Å². The molecule has 456 valence electrons. The van der Waals surface area contributed by atoms with E-state index in [4.69, 9.17) is 33.2 Å². The first-order valence-electron chi connectivity index (χ1n) is 30.9. The summed E-state index contributed by atoms with van der Waals surface area (Å²) in [6.45, 7) is 5.33. The maximum absolute atomic E-state index is 13.6. The van der Waals surface area contributed by atoms with Gasteiger partial charge < -0.3 is 37.9 Å². The smallest absolute Gasteiger partial charge is 0.494 e. The van der Waals surface area contributed by atoms with Crippen LogP contribution in [0.25, 0.3) is 0 Å². The van der Waals surface area contributed by atoms with E-state index < -0.39 is 54.3 Å². The van der Waals surface area contributed by atoms with Gasteiger partial charge in [0.2, 0.25) is 0 Å². The molecule has 1 saturated heterocycles. The van der Waals surface area contributed by atoms with Gasteiger partial charge in [-0.2, -0.15) is 0 Å². The Morgan fingerprint density at radius 3 is 1.15 bits per heavy atom. The fourth-order valence-electron chi connectivity index (χ4n) is 10.0. The Labute approximate surface area is 495 Å². The zero-order chi connectivity index (χ0) is 59.6. The molecule has 0 bridgehead atoms. The molecule has 6 rings (SSSR count). The SMILES string of the molecule is CCCCCCCCCCCCCCOc1ccc(C(=O)Oc2ccc(C(=O)OC[C@H]3O[C@@H](c4ccc(OC(F)(F)F)cc4)CC[C@@H]3OC(=O)c3ccc(OC(=O)c4ccc(OCCCCCCCCCCCCCC)cc4)cc3)cc2)cc1. The first-order valence-corrected chi connectivity index (χ1v) is 30.9. The molecule has 0 aliphatic carbocycles. The van der Waals surface area contributed by atoms with Crippen LogP contribution in [0, 0.1) is 0 Å². The number of alkyl halides is 3. The lowest BCUT2D eigenvalue weighted by Crippen LogP contribution is -2.42. The van der Waals surface area contributed by atoms with E-state index in [0.717, 1.165) is 25.7 Å². The average molecular weight is 1170 g/mol. The molecule has 1 heterocycles. The van der Waals surface area contributed by atoms with Crippen molar-refractivity contribution in [2.24, 2.45) is 0 Å². The van der Waals surface area contributed by atoms with Gasteiger partial charge in [-0.25, -0.2) is 19.2 Å². The van der Waals surface area contributed by atoms with Crippen molar-refractivity contribution >= 4 is 23.9 Å². The van der Waals surface area contributed by atoms with Gasteiger partial charge in [-0.3, -0.25) is 0 Å². The zero-order valence-corrected chi connectivity index (χ0v) is 49.3. The number of hydrogen-bond acceptors (Lipinski definition) is 12. The number of unbranched alkanes of at least 4 members (excludes halogenated alkanes) is 22. The van der Waals surface area contributed by atoms with E-state index in [1.54, 1.807) is 48.5 Å². The summed E-state index contributed by atoms with van der Waals surface area (Å²) in [6, 6.07) is 30.4. The molecule has 12 nitrogen and oxygen atoms in total. The predicted octanol–water partition coefficient (Wildman–Crippen LogP) is 18.5. The van der Waals surface area contributed by atoms with E-state index in [1.807, 2.05) is 0 Å². The van der Waals surface area contributed by atoms with Gasteiger partial charge in [0.05, 0.1) is 41.6 Å². The van der Waals surface area contributed by atoms with Crippen molar-refractivity contribution in [3.63, 3.8) is 0 Å². The molecule has 1 aliphatic heterocycles. The summed E-state index contributed by atoms with van der Waals surface area (Å²) < 4.78 is 83.7. The Balaban J connectivity index is 0.939. The Morgan fingerprint density at radius 2 is 0.762 bits per heavy atom. The van der Waals surface area contributed by atoms with E-state index in [1.165, 1.54) is 201 Å². The van der Waals surface area contributed by atoms with Crippen molar-refractivity contribution in [2.75, 3.05) is 19.8 Å². The third-order valence-corrected chi connectivity index (χ3v) is 14.9. The second-order valence-corrected chi connectivity index (χ2v) is 21.8. The monoisotopic (exact) mass is 1160 g/mol. The molecule has 0 radical (unpaired) electrons. The van der Waals surface area contributed by atoms with Crippen LogP contribution in [0.15, 0.2) is 121 Å². The summed E-state index contributed by atoms with van der Waals surface area (Å²) in [6.07, 6.45) is 23.5. The van der Waals surface area contributed by atoms with Gasteiger partial charge in [0.25, 0.3) is 0 Å². The molecule has 0 aromatic heterocycles. The largest absolute Gasteiger partial charge is 0.573 e. The van der Waals surface area contributed by atoms with Gasteiger partial charge in [0.15, 0.2) is 0 Å². The number of halogens is 3. The van der Waals surface area contributed by atoms with Gasteiger partial charge in [-0.15, -0.1) is 13.2 Å². The highest BCUT2D eigenvalue weighted by Crippen LogP contribution is 2.35. The van der Waals surface area contributed by atoms with Crippen LogP contribution in [-0.2, 0) is 14.2 Å². The second-order valence-electron chi connectivity index (χ2n) is 21.8. The van der Waals surface area contributed by atoms with Crippen molar-refractivity contribution in [1.29, 1.82) is 0 Å². The van der Waals surface area contributed by atoms with Gasteiger partial charge in [0.1, 0.15) is 47.6 Å². The molecular weight excluding hydrogens is 1080 g/mol. The minimum absolute atomic E-state index is 0.137. The number of rotatable bonds is 39. The molecule has 0 spiro atoms. The number of ether oxygens (including phenoxy) is 8. The molecule has 0 unspecified atom stereocenters. The normalized spacial score (nSPS) is 15.0. The van der Waals surface area contributed by atoms with Crippen LogP contribution in [0.5, 0.6) is 28.7 Å². The molecule has 5 aromatic carbocycles. The van der Waals surface area contributed by atoms with Gasteiger partial charge in [-0.05, 0) is 140 Å². The van der Waals surface area contributed by atoms with Crippen LogP contribution in [0.3, 0.4) is 0 Å². The lowest BCUT2D eigenvalue weighted by molar-refractivity contribution is -0.274. The van der Waals surface area contributed by atoms with Crippen molar-refractivity contribution in [3.8, 4) is 28.7 Å². The van der Waals surface area contributed by atoms with Crippen LogP contribution >= 0.6 is 0 Å². The quantitative estimate of drug-likeness (QED) is 0.0210. The minimum Gasteiger partial charge on any atom is -0.494 e. The van der Waals surface area contributed by atoms with Crippen molar-refractivity contribution in [1.82, 2.24) is 0 Å². The lowest BCUT2D eigenvalue weighted by atomic mass is 9.96. The van der Waals surface area contributed by atoms with Crippen molar-refractivity contribution in [3.05, 3.63) is 149 Å². The molecule has 84 heavy (non-hydrogen) atoms. The first kappa shape index (κ1) is 66.3. The van der Waals surface area contributed by atoms with E-state index in [0.29, 0.717) is 47.8 Å². The zero-order valence-electron chi connectivity index (χ0n) is 49.3. The fourth-order valence-corrected chi connectivity index (χ4v) is 10.0. The lowest BCUT2D eigenvalue weighted by Gasteiger charge is -2.36. The first-order chi connectivity index (χ1) is 40.9. The van der Waals surface area contributed by atoms with Crippen LogP contribution < -0.4 is 23.7 Å². The Bertz CT molecular complexity index is 2660. The second kappa shape index (κ2) is 37.4. The topological polar surface area (TPSA) is 142 Å². The number of benzene rings is 5. The van der Waals surface area contributed by atoms with Crippen LogP contribution in [0.1, 0.15) is 234 Å². The molecule has 15 heteroatoms. The van der Waals surface area contributed by atoms with Crippen LogP contribution in [-0.4, -0.2) is 62.3 Å². The van der Waals surface area contributed by atoms with Crippen LogP contribution in [0.2, 0.25) is 0 Å². The van der Waals surface area contributed by atoms with Crippen molar-refractivity contribution in [2.45, 2.75) is 205 Å². The highest BCUT2D eigenvalue weighted by atomic mass is 19.4.